The molecule has 1 aliphatic heterocycles. The summed E-state index contributed by atoms with van der Waals surface area (Å²) in [7, 11) is 2.15. The molecule has 1 atom stereocenters. The van der Waals surface area contributed by atoms with Gasteiger partial charge >= 0.3 is 0 Å². The summed E-state index contributed by atoms with van der Waals surface area (Å²) in [5, 5.41) is 7.62. The van der Waals surface area contributed by atoms with Gasteiger partial charge in [0.15, 0.2) is 0 Å². The molecule has 4 heteroatoms. The lowest BCUT2D eigenvalue weighted by molar-refractivity contribution is 0.124. The van der Waals surface area contributed by atoms with Crippen molar-refractivity contribution in [3.63, 3.8) is 0 Å². The molecule has 1 aromatic carbocycles. The Balaban J connectivity index is 2.08. The van der Waals surface area contributed by atoms with E-state index in [1.165, 1.54) is 19.3 Å². The number of hydrogen-bond acceptors (Lipinski definition) is 3. The zero-order chi connectivity index (χ0) is 13.8. The summed E-state index contributed by atoms with van der Waals surface area (Å²) < 4.78 is 5.98. The van der Waals surface area contributed by atoms with Crippen molar-refractivity contribution in [2.75, 3.05) is 20.2 Å². The van der Waals surface area contributed by atoms with Crippen LogP contribution in [0.2, 0.25) is 0 Å². The molecule has 2 rings (SSSR count). The van der Waals surface area contributed by atoms with Crippen molar-refractivity contribution in [3.8, 4) is 5.75 Å². The van der Waals surface area contributed by atoms with Gasteiger partial charge in [-0.2, -0.15) is 0 Å². The molecule has 3 N–H and O–H groups in total. The molecule has 1 fully saturated rings. The highest BCUT2D eigenvalue weighted by atomic mass is 16.5. The van der Waals surface area contributed by atoms with Crippen molar-refractivity contribution in [1.29, 1.82) is 5.41 Å². The van der Waals surface area contributed by atoms with Crippen molar-refractivity contribution < 1.29 is 4.74 Å². The van der Waals surface area contributed by atoms with Crippen molar-refractivity contribution >= 4 is 5.84 Å². The van der Waals surface area contributed by atoms with Crippen LogP contribution < -0.4 is 10.5 Å². The average Bonchev–Trinajstić information content (AvgIpc) is 2.38. The van der Waals surface area contributed by atoms with Crippen molar-refractivity contribution in [1.82, 2.24) is 4.90 Å². The van der Waals surface area contributed by atoms with Gasteiger partial charge in [-0.1, -0.05) is 18.6 Å². The van der Waals surface area contributed by atoms with E-state index in [1.807, 2.05) is 25.1 Å². The number of nitrogens with two attached hydrogens (primary N) is 1. The first-order valence-corrected chi connectivity index (χ1v) is 6.86. The van der Waals surface area contributed by atoms with Gasteiger partial charge < -0.3 is 15.4 Å². The fourth-order valence-electron chi connectivity index (χ4n) is 2.59. The summed E-state index contributed by atoms with van der Waals surface area (Å²) in [5.74, 6) is 0.824. The van der Waals surface area contributed by atoms with Gasteiger partial charge in [-0.15, -0.1) is 0 Å². The molecular formula is C15H23N3O. The molecule has 104 valence electrons. The van der Waals surface area contributed by atoms with Gasteiger partial charge in [0.2, 0.25) is 0 Å². The third kappa shape index (κ3) is 3.26. The number of likely N-dealkylation sites (N-methyl/N-ethyl adjacent to an activating group) is 1. The molecule has 0 bridgehead atoms. The standard InChI is InChI=1S/C15H23N3O/c1-11-6-5-8-13(15(16)17)14(11)19-10-12-7-3-4-9-18(12)2/h5-6,8,12H,3-4,7,9-10H2,1-2H3,(H3,16,17). The second kappa shape index (κ2) is 6.06. The number of aryl methyl sites for hydroxylation is 1. The quantitative estimate of drug-likeness (QED) is 0.645. The van der Waals surface area contributed by atoms with E-state index in [2.05, 4.69) is 11.9 Å². The molecule has 0 saturated carbocycles. The smallest absolute Gasteiger partial charge is 0.133 e. The minimum Gasteiger partial charge on any atom is -0.491 e. The van der Waals surface area contributed by atoms with Crippen LogP contribution in [0.5, 0.6) is 5.75 Å². The van der Waals surface area contributed by atoms with Crippen LogP contribution >= 0.6 is 0 Å². The molecule has 1 heterocycles. The highest BCUT2D eigenvalue weighted by Gasteiger charge is 2.20. The maximum absolute atomic E-state index is 7.62. The zero-order valence-electron chi connectivity index (χ0n) is 11.8. The maximum atomic E-state index is 7.62. The van der Waals surface area contributed by atoms with Crippen LogP contribution in [-0.2, 0) is 0 Å². The van der Waals surface area contributed by atoms with Crippen LogP contribution in [0, 0.1) is 12.3 Å². The van der Waals surface area contributed by atoms with Crippen LogP contribution in [0.3, 0.4) is 0 Å². The molecule has 1 unspecified atom stereocenters. The summed E-state index contributed by atoms with van der Waals surface area (Å²) in [6.07, 6.45) is 3.72. The number of benzene rings is 1. The summed E-state index contributed by atoms with van der Waals surface area (Å²) >= 11 is 0. The Kier molecular flexibility index (Phi) is 4.43. The lowest BCUT2D eigenvalue weighted by atomic mass is 10.0. The molecule has 4 nitrogen and oxygen atoms in total. The Bertz CT molecular complexity index is 459. The lowest BCUT2D eigenvalue weighted by Crippen LogP contribution is -2.40. The first-order chi connectivity index (χ1) is 9.09. The molecule has 0 spiro atoms. The summed E-state index contributed by atoms with van der Waals surface area (Å²) in [6, 6.07) is 6.21. The Labute approximate surface area is 115 Å². The number of nitrogen functional groups attached to an aromatic ring is 1. The normalized spacial score (nSPS) is 20.2. The number of ether oxygens (including phenoxy) is 1. The largest absolute Gasteiger partial charge is 0.491 e. The Morgan fingerprint density at radius 2 is 2.26 bits per heavy atom. The molecule has 0 aromatic heterocycles. The Morgan fingerprint density at radius 3 is 2.95 bits per heavy atom. The molecule has 1 aliphatic rings. The van der Waals surface area contributed by atoms with E-state index in [4.69, 9.17) is 15.9 Å². The molecule has 1 saturated heterocycles. The topological polar surface area (TPSA) is 62.3 Å². The number of nitrogens with one attached hydrogen (secondary N) is 1. The SMILES string of the molecule is Cc1cccc(C(=N)N)c1OCC1CCCCN1C. The van der Waals surface area contributed by atoms with Gasteiger partial charge in [0.1, 0.15) is 18.2 Å². The molecule has 0 radical (unpaired) electrons. The highest BCUT2D eigenvalue weighted by molar-refractivity contribution is 5.98. The molecule has 1 aromatic rings. The van der Waals surface area contributed by atoms with Gasteiger partial charge in [0, 0.05) is 6.04 Å². The van der Waals surface area contributed by atoms with E-state index in [-0.39, 0.29) is 5.84 Å². The van der Waals surface area contributed by atoms with Crippen LogP contribution in [0.4, 0.5) is 0 Å². The fourth-order valence-corrected chi connectivity index (χ4v) is 2.59. The van der Waals surface area contributed by atoms with Crippen LogP contribution in [0.25, 0.3) is 0 Å². The number of amidine groups is 1. The van der Waals surface area contributed by atoms with E-state index >= 15 is 0 Å². The lowest BCUT2D eigenvalue weighted by Gasteiger charge is -2.32. The van der Waals surface area contributed by atoms with E-state index < -0.39 is 0 Å². The van der Waals surface area contributed by atoms with Gasteiger partial charge in [0.25, 0.3) is 0 Å². The predicted molar refractivity (Wildman–Crippen MR) is 78.0 cm³/mol. The summed E-state index contributed by atoms with van der Waals surface area (Å²) in [5.41, 5.74) is 7.34. The first-order valence-electron chi connectivity index (χ1n) is 6.86. The highest BCUT2D eigenvalue weighted by Crippen LogP contribution is 2.24. The Morgan fingerprint density at radius 1 is 1.47 bits per heavy atom. The minimum atomic E-state index is 0.0655. The van der Waals surface area contributed by atoms with Gasteiger partial charge in [-0.3, -0.25) is 5.41 Å². The third-order valence-corrected chi connectivity index (χ3v) is 3.84. The zero-order valence-corrected chi connectivity index (χ0v) is 11.8. The molecule has 0 amide bonds. The van der Waals surface area contributed by atoms with Gasteiger partial charge in [-0.25, -0.2) is 0 Å². The van der Waals surface area contributed by atoms with Crippen LogP contribution in [0.15, 0.2) is 18.2 Å². The monoisotopic (exact) mass is 261 g/mol. The predicted octanol–water partition coefficient (Wildman–Crippen LogP) is 2.14. The molecule has 0 aliphatic carbocycles. The number of likely N-dealkylation sites (tertiary alicyclic amines) is 1. The number of para-hydroxylation sites is 1. The van der Waals surface area contributed by atoms with E-state index in [0.29, 0.717) is 18.2 Å². The van der Waals surface area contributed by atoms with E-state index in [1.54, 1.807) is 0 Å². The number of rotatable bonds is 4. The summed E-state index contributed by atoms with van der Waals surface area (Å²) in [4.78, 5) is 2.36. The first kappa shape index (κ1) is 13.9. The van der Waals surface area contributed by atoms with E-state index in [0.717, 1.165) is 17.9 Å². The van der Waals surface area contributed by atoms with Gasteiger partial charge in [-0.05, 0) is 45.0 Å². The minimum absolute atomic E-state index is 0.0655. The Hall–Kier alpha value is -1.55. The second-order valence-electron chi connectivity index (χ2n) is 5.31. The number of nitrogens with zero attached hydrogens (tertiary/aromatic N) is 1. The average molecular weight is 261 g/mol. The van der Waals surface area contributed by atoms with Crippen molar-refractivity contribution in [2.24, 2.45) is 5.73 Å². The second-order valence-corrected chi connectivity index (χ2v) is 5.31. The van der Waals surface area contributed by atoms with Crippen LogP contribution in [-0.4, -0.2) is 37.0 Å². The van der Waals surface area contributed by atoms with Crippen LogP contribution in [0.1, 0.15) is 30.4 Å². The summed E-state index contributed by atoms with van der Waals surface area (Å²) in [6.45, 7) is 3.80. The number of piperidine rings is 1. The van der Waals surface area contributed by atoms with Gasteiger partial charge in [0.05, 0.1) is 5.56 Å². The van der Waals surface area contributed by atoms with Crippen molar-refractivity contribution in [3.05, 3.63) is 29.3 Å². The fraction of sp³-hybridized carbons (Fsp3) is 0.533. The van der Waals surface area contributed by atoms with Crippen molar-refractivity contribution in [2.45, 2.75) is 32.2 Å². The van der Waals surface area contributed by atoms with E-state index in [9.17, 15) is 0 Å². The maximum Gasteiger partial charge on any atom is 0.133 e. The molecule has 19 heavy (non-hydrogen) atoms. The number of hydrogen-bond donors (Lipinski definition) is 2. The molecular weight excluding hydrogens is 238 g/mol. The third-order valence-electron chi connectivity index (χ3n) is 3.84.